The third-order valence-electron chi connectivity index (χ3n) is 5.10. The van der Waals surface area contributed by atoms with Crippen molar-refractivity contribution >= 4 is 10.9 Å². The van der Waals surface area contributed by atoms with Gasteiger partial charge in [-0.3, -0.25) is 14.3 Å². The molecule has 27 heavy (non-hydrogen) atoms. The summed E-state index contributed by atoms with van der Waals surface area (Å²) in [5.41, 5.74) is 2.29. The van der Waals surface area contributed by atoms with E-state index in [2.05, 4.69) is 4.90 Å². The van der Waals surface area contributed by atoms with Crippen LogP contribution in [0.4, 0.5) is 4.39 Å². The Kier molecular flexibility index (Phi) is 5.01. The number of halogens is 1. The first-order chi connectivity index (χ1) is 13.2. The monoisotopic (exact) mass is 367 g/mol. The van der Waals surface area contributed by atoms with E-state index in [1.54, 1.807) is 23.8 Å². The Hall–Kier alpha value is -2.57. The molecule has 0 saturated heterocycles. The standard InChI is InChI=1S/C21H22FN3O2/c1-27-12-11-24-8-7-20-23-19-14-16(15-3-2-4-17(22)13-15)5-6-18(19)21(26)25(20)10-9-24/h2-6,13-14H,7-12H2,1H3. The summed E-state index contributed by atoms with van der Waals surface area (Å²) in [6, 6.07) is 12.0. The number of rotatable bonds is 4. The normalized spacial score (nSPS) is 14.9. The molecule has 140 valence electrons. The molecular formula is C21H22FN3O2. The van der Waals surface area contributed by atoms with Crippen molar-refractivity contribution in [2.45, 2.75) is 13.0 Å². The Balaban J connectivity index is 1.72. The van der Waals surface area contributed by atoms with E-state index in [1.807, 2.05) is 18.2 Å². The SMILES string of the molecule is COCCN1CCc2nc3cc(-c4cccc(F)c4)ccc3c(=O)n2CC1. The molecule has 0 aliphatic carbocycles. The zero-order valence-corrected chi connectivity index (χ0v) is 15.3. The Morgan fingerprint density at radius 3 is 2.78 bits per heavy atom. The largest absolute Gasteiger partial charge is 0.383 e. The van der Waals surface area contributed by atoms with Gasteiger partial charge in [0.1, 0.15) is 11.6 Å². The smallest absolute Gasteiger partial charge is 0.261 e. The van der Waals surface area contributed by atoms with Crippen molar-refractivity contribution in [3.8, 4) is 11.1 Å². The van der Waals surface area contributed by atoms with E-state index >= 15 is 0 Å². The molecule has 0 atom stereocenters. The molecule has 5 nitrogen and oxygen atoms in total. The van der Waals surface area contributed by atoms with Crippen LogP contribution in [0.3, 0.4) is 0 Å². The fraction of sp³-hybridized carbons (Fsp3) is 0.333. The van der Waals surface area contributed by atoms with Crippen LogP contribution in [0.15, 0.2) is 47.3 Å². The molecule has 0 bridgehead atoms. The van der Waals surface area contributed by atoms with Crippen molar-refractivity contribution in [2.24, 2.45) is 0 Å². The van der Waals surface area contributed by atoms with E-state index in [-0.39, 0.29) is 11.4 Å². The van der Waals surface area contributed by atoms with Crippen LogP contribution < -0.4 is 5.56 Å². The minimum absolute atomic E-state index is 0.00520. The summed E-state index contributed by atoms with van der Waals surface area (Å²) in [4.78, 5) is 20.0. The first-order valence-corrected chi connectivity index (χ1v) is 9.16. The Labute approximate surface area is 157 Å². The van der Waals surface area contributed by atoms with Crippen LogP contribution in [0.25, 0.3) is 22.0 Å². The van der Waals surface area contributed by atoms with Crippen LogP contribution in [0, 0.1) is 5.82 Å². The maximum atomic E-state index is 13.5. The van der Waals surface area contributed by atoms with Gasteiger partial charge in [0.05, 0.1) is 17.5 Å². The fourth-order valence-corrected chi connectivity index (χ4v) is 3.59. The quantitative estimate of drug-likeness (QED) is 0.711. The first-order valence-electron chi connectivity index (χ1n) is 9.16. The molecule has 3 aromatic rings. The van der Waals surface area contributed by atoms with Gasteiger partial charge in [-0.05, 0) is 35.4 Å². The minimum Gasteiger partial charge on any atom is -0.383 e. The van der Waals surface area contributed by atoms with Crippen LogP contribution in [0.1, 0.15) is 5.82 Å². The number of fused-ring (bicyclic) bond motifs is 2. The lowest BCUT2D eigenvalue weighted by Crippen LogP contribution is -2.31. The molecule has 1 aromatic heterocycles. The third-order valence-corrected chi connectivity index (χ3v) is 5.10. The van der Waals surface area contributed by atoms with Crippen molar-refractivity contribution in [1.82, 2.24) is 14.5 Å². The molecule has 0 unspecified atom stereocenters. The zero-order valence-electron chi connectivity index (χ0n) is 15.3. The molecule has 0 radical (unpaired) electrons. The van der Waals surface area contributed by atoms with Crippen LogP contribution in [0.5, 0.6) is 0 Å². The number of aromatic nitrogens is 2. The number of benzene rings is 2. The molecule has 0 spiro atoms. The first kappa shape index (κ1) is 17.8. The van der Waals surface area contributed by atoms with Gasteiger partial charge in [0.15, 0.2) is 0 Å². The van der Waals surface area contributed by atoms with Crippen LogP contribution in [-0.4, -0.2) is 47.8 Å². The van der Waals surface area contributed by atoms with Gasteiger partial charge in [-0.15, -0.1) is 0 Å². The molecular weight excluding hydrogens is 345 g/mol. The maximum Gasteiger partial charge on any atom is 0.261 e. The van der Waals surface area contributed by atoms with E-state index in [1.165, 1.54) is 12.1 Å². The van der Waals surface area contributed by atoms with Gasteiger partial charge in [0.2, 0.25) is 0 Å². The highest BCUT2D eigenvalue weighted by molar-refractivity contribution is 5.83. The van der Waals surface area contributed by atoms with Gasteiger partial charge in [0, 0.05) is 39.7 Å². The van der Waals surface area contributed by atoms with Crippen molar-refractivity contribution < 1.29 is 9.13 Å². The van der Waals surface area contributed by atoms with Crippen molar-refractivity contribution in [2.75, 3.05) is 33.4 Å². The molecule has 0 N–H and O–H groups in total. The predicted octanol–water partition coefficient (Wildman–Crippen LogP) is 2.71. The van der Waals surface area contributed by atoms with Gasteiger partial charge in [0.25, 0.3) is 5.56 Å². The van der Waals surface area contributed by atoms with Crippen LogP contribution in [-0.2, 0) is 17.7 Å². The molecule has 0 fully saturated rings. The second-order valence-electron chi connectivity index (χ2n) is 6.81. The highest BCUT2D eigenvalue weighted by Gasteiger charge is 2.17. The molecule has 1 aliphatic heterocycles. The maximum absolute atomic E-state index is 13.5. The molecule has 4 rings (SSSR count). The van der Waals surface area contributed by atoms with E-state index < -0.39 is 0 Å². The predicted molar refractivity (Wildman–Crippen MR) is 103 cm³/mol. The van der Waals surface area contributed by atoms with E-state index in [9.17, 15) is 9.18 Å². The fourth-order valence-electron chi connectivity index (χ4n) is 3.59. The van der Waals surface area contributed by atoms with E-state index in [0.717, 1.165) is 43.0 Å². The Morgan fingerprint density at radius 2 is 1.96 bits per heavy atom. The number of hydrogen-bond acceptors (Lipinski definition) is 4. The lowest BCUT2D eigenvalue weighted by Gasteiger charge is -2.18. The van der Waals surface area contributed by atoms with E-state index in [0.29, 0.717) is 24.1 Å². The highest BCUT2D eigenvalue weighted by Crippen LogP contribution is 2.23. The molecule has 0 amide bonds. The zero-order chi connectivity index (χ0) is 18.8. The molecule has 1 aliphatic rings. The summed E-state index contributed by atoms with van der Waals surface area (Å²) in [5.74, 6) is 0.530. The second-order valence-corrected chi connectivity index (χ2v) is 6.81. The van der Waals surface area contributed by atoms with Crippen molar-refractivity contribution in [3.05, 3.63) is 64.5 Å². The van der Waals surface area contributed by atoms with Gasteiger partial charge in [-0.25, -0.2) is 9.37 Å². The average Bonchev–Trinajstić information content (AvgIpc) is 2.88. The van der Waals surface area contributed by atoms with Gasteiger partial charge < -0.3 is 4.74 Å². The van der Waals surface area contributed by atoms with Gasteiger partial charge in [-0.2, -0.15) is 0 Å². The second kappa shape index (κ2) is 7.58. The Bertz CT molecular complexity index is 1030. The molecule has 0 saturated carbocycles. The Morgan fingerprint density at radius 1 is 1.11 bits per heavy atom. The van der Waals surface area contributed by atoms with Crippen molar-refractivity contribution in [1.29, 1.82) is 0 Å². The summed E-state index contributed by atoms with van der Waals surface area (Å²) >= 11 is 0. The lowest BCUT2D eigenvalue weighted by molar-refractivity contribution is 0.149. The number of nitrogens with zero attached hydrogens (tertiary/aromatic N) is 3. The molecule has 6 heteroatoms. The summed E-state index contributed by atoms with van der Waals surface area (Å²) in [7, 11) is 1.70. The summed E-state index contributed by atoms with van der Waals surface area (Å²) in [6.45, 7) is 3.82. The minimum atomic E-state index is -0.279. The average molecular weight is 367 g/mol. The summed E-state index contributed by atoms with van der Waals surface area (Å²) in [5, 5.41) is 0.601. The third kappa shape index (κ3) is 3.63. The summed E-state index contributed by atoms with van der Waals surface area (Å²) < 4.78 is 20.5. The van der Waals surface area contributed by atoms with E-state index in [4.69, 9.17) is 9.72 Å². The molecule has 2 heterocycles. The lowest BCUT2D eigenvalue weighted by atomic mass is 10.0. The van der Waals surface area contributed by atoms with Gasteiger partial charge in [-0.1, -0.05) is 18.2 Å². The van der Waals surface area contributed by atoms with Gasteiger partial charge >= 0.3 is 0 Å². The van der Waals surface area contributed by atoms with Crippen LogP contribution in [0.2, 0.25) is 0 Å². The summed E-state index contributed by atoms with van der Waals surface area (Å²) in [6.07, 6.45) is 0.721. The topological polar surface area (TPSA) is 47.4 Å². The molecule has 2 aromatic carbocycles. The van der Waals surface area contributed by atoms with Crippen LogP contribution >= 0.6 is 0 Å². The highest BCUT2D eigenvalue weighted by atomic mass is 19.1. The number of hydrogen-bond donors (Lipinski definition) is 0. The van der Waals surface area contributed by atoms with Crippen molar-refractivity contribution in [3.63, 3.8) is 0 Å². The number of ether oxygens (including phenoxy) is 1. The number of methoxy groups -OCH3 is 1.